The van der Waals surface area contributed by atoms with E-state index in [1.165, 1.54) is 12.8 Å². The Morgan fingerprint density at radius 3 is 2.52 bits per heavy atom. The minimum absolute atomic E-state index is 0.0220. The van der Waals surface area contributed by atoms with E-state index in [1.807, 2.05) is 55.5 Å². The van der Waals surface area contributed by atoms with Crippen LogP contribution in [0.1, 0.15) is 55.5 Å². The van der Waals surface area contributed by atoms with Crippen molar-refractivity contribution in [2.24, 2.45) is 5.92 Å². The normalized spacial score (nSPS) is 12.1. The van der Waals surface area contributed by atoms with E-state index in [0.717, 1.165) is 40.6 Å². The molecule has 3 nitrogen and oxygen atoms in total. The average Bonchev–Trinajstić information content (AvgIpc) is 2.74. The molecule has 0 bridgehead atoms. The highest BCUT2D eigenvalue weighted by atomic mass is 35.5. The fraction of sp³-hybridized carbons (Fsp3) is 0.360. The van der Waals surface area contributed by atoms with Gasteiger partial charge in [0.1, 0.15) is 0 Å². The van der Waals surface area contributed by atoms with Crippen LogP contribution in [0.15, 0.2) is 48.5 Å². The van der Waals surface area contributed by atoms with Gasteiger partial charge in [-0.05, 0) is 43.0 Å². The summed E-state index contributed by atoms with van der Waals surface area (Å²) in [5.74, 6) is 0.495. The van der Waals surface area contributed by atoms with Crippen molar-refractivity contribution < 1.29 is 4.79 Å². The second-order valence-corrected chi connectivity index (χ2v) is 8.05. The largest absolute Gasteiger partial charge is 0.352 e. The van der Waals surface area contributed by atoms with Crippen LogP contribution in [0, 0.1) is 12.8 Å². The molecule has 29 heavy (non-hydrogen) atoms. The quantitative estimate of drug-likeness (QED) is 0.444. The smallest absolute Gasteiger partial charge is 0.252 e. The lowest BCUT2D eigenvalue weighted by atomic mass is 9.96. The molecule has 0 fully saturated rings. The van der Waals surface area contributed by atoms with Crippen LogP contribution in [0.25, 0.3) is 22.2 Å². The number of carbonyl (C=O) groups excluding carboxylic acids is 1. The summed E-state index contributed by atoms with van der Waals surface area (Å²) in [5, 5.41) is 4.77. The van der Waals surface area contributed by atoms with Crippen molar-refractivity contribution in [1.82, 2.24) is 10.3 Å². The number of halogens is 1. The van der Waals surface area contributed by atoms with Crippen LogP contribution in [-0.2, 0) is 0 Å². The third kappa shape index (κ3) is 4.97. The molecule has 152 valence electrons. The summed E-state index contributed by atoms with van der Waals surface area (Å²) in [6.45, 7) is 7.09. The van der Waals surface area contributed by atoms with Gasteiger partial charge in [-0.2, -0.15) is 0 Å². The number of hydrogen-bond acceptors (Lipinski definition) is 2. The highest BCUT2D eigenvalue weighted by Gasteiger charge is 2.19. The highest BCUT2D eigenvalue weighted by molar-refractivity contribution is 6.30. The molecule has 1 amide bonds. The maximum absolute atomic E-state index is 13.3. The zero-order valence-electron chi connectivity index (χ0n) is 17.5. The molecule has 0 saturated heterocycles. The second kappa shape index (κ2) is 9.89. The van der Waals surface area contributed by atoms with Crippen LogP contribution in [0.4, 0.5) is 0 Å². The number of nitrogens with zero attached hydrogens (tertiary/aromatic N) is 1. The minimum atomic E-state index is -0.0220. The van der Waals surface area contributed by atoms with Crippen molar-refractivity contribution in [2.75, 3.05) is 6.54 Å². The second-order valence-electron chi connectivity index (χ2n) is 7.61. The molecular weight excluding hydrogens is 380 g/mol. The van der Waals surface area contributed by atoms with Crippen LogP contribution in [0.5, 0.6) is 0 Å². The Hall–Kier alpha value is -2.39. The van der Waals surface area contributed by atoms with Gasteiger partial charge in [-0.1, -0.05) is 75.0 Å². The van der Waals surface area contributed by atoms with E-state index in [2.05, 4.69) is 19.2 Å². The van der Waals surface area contributed by atoms with Gasteiger partial charge in [-0.15, -0.1) is 0 Å². The molecule has 0 aliphatic heterocycles. The third-order valence-electron chi connectivity index (χ3n) is 5.58. The van der Waals surface area contributed by atoms with Gasteiger partial charge < -0.3 is 5.32 Å². The van der Waals surface area contributed by atoms with E-state index in [1.54, 1.807) is 0 Å². The van der Waals surface area contributed by atoms with E-state index in [4.69, 9.17) is 16.6 Å². The third-order valence-corrected chi connectivity index (χ3v) is 5.83. The van der Waals surface area contributed by atoms with Gasteiger partial charge in [-0.3, -0.25) is 4.79 Å². The van der Waals surface area contributed by atoms with Crippen molar-refractivity contribution >= 4 is 28.4 Å². The molecular formula is C25H29ClN2O. The van der Waals surface area contributed by atoms with Gasteiger partial charge in [0.25, 0.3) is 5.91 Å². The predicted octanol–water partition coefficient (Wildman–Crippen LogP) is 6.81. The molecule has 4 heteroatoms. The molecule has 1 unspecified atom stereocenters. The average molecular weight is 409 g/mol. The number of rotatable bonds is 8. The first-order valence-electron chi connectivity index (χ1n) is 10.5. The van der Waals surface area contributed by atoms with Crippen LogP contribution in [0.3, 0.4) is 0 Å². The lowest BCUT2D eigenvalue weighted by molar-refractivity contribution is 0.0947. The van der Waals surface area contributed by atoms with Crippen LogP contribution < -0.4 is 5.32 Å². The lowest BCUT2D eigenvalue weighted by Gasteiger charge is -2.18. The molecule has 0 aliphatic rings. The number of hydrogen-bond donors (Lipinski definition) is 1. The summed E-state index contributed by atoms with van der Waals surface area (Å²) in [7, 11) is 0. The number of para-hydroxylation sites is 1. The Balaban J connectivity index is 1.98. The molecule has 1 aromatic heterocycles. The molecule has 3 rings (SSSR count). The van der Waals surface area contributed by atoms with Crippen LogP contribution in [-0.4, -0.2) is 17.4 Å². The molecule has 0 saturated carbocycles. The molecule has 1 atom stereocenters. The molecule has 1 heterocycles. The number of unbranched alkanes of at least 4 members (excludes halogenated alkanes) is 1. The molecule has 0 aliphatic carbocycles. The number of fused-ring (bicyclic) bond motifs is 1. The van der Waals surface area contributed by atoms with Crippen molar-refractivity contribution in [3.8, 4) is 11.3 Å². The summed E-state index contributed by atoms with van der Waals surface area (Å²) in [6, 6.07) is 15.5. The molecule has 0 spiro atoms. The number of carbonyl (C=O) groups is 1. The fourth-order valence-corrected chi connectivity index (χ4v) is 3.88. The van der Waals surface area contributed by atoms with Gasteiger partial charge in [-0.25, -0.2) is 4.98 Å². The maximum atomic E-state index is 13.3. The predicted molar refractivity (Wildman–Crippen MR) is 123 cm³/mol. The number of aromatic nitrogens is 1. The first kappa shape index (κ1) is 21.3. The Bertz CT molecular complexity index is 982. The van der Waals surface area contributed by atoms with Gasteiger partial charge in [0.05, 0.1) is 16.8 Å². The number of amides is 1. The number of benzene rings is 2. The zero-order valence-corrected chi connectivity index (χ0v) is 18.2. The molecule has 2 aromatic carbocycles. The molecule has 3 aromatic rings. The summed E-state index contributed by atoms with van der Waals surface area (Å²) < 4.78 is 0. The van der Waals surface area contributed by atoms with Gasteiger partial charge in [0.2, 0.25) is 0 Å². The molecule has 0 radical (unpaired) electrons. The first-order valence-corrected chi connectivity index (χ1v) is 10.9. The minimum Gasteiger partial charge on any atom is -0.352 e. The Morgan fingerprint density at radius 2 is 1.83 bits per heavy atom. The van der Waals surface area contributed by atoms with Gasteiger partial charge in [0.15, 0.2) is 0 Å². The van der Waals surface area contributed by atoms with E-state index in [9.17, 15) is 4.79 Å². The van der Waals surface area contributed by atoms with E-state index < -0.39 is 0 Å². The Morgan fingerprint density at radius 1 is 1.10 bits per heavy atom. The summed E-state index contributed by atoms with van der Waals surface area (Å²) in [5.41, 5.74) is 4.21. The standard InChI is InChI=1S/C25H29ClN2O/c1-4-6-9-18(5-2)16-27-25(29)23-17(3)24(19-12-14-20(26)15-13-19)28-22-11-8-7-10-21(22)23/h7-8,10-15,18H,4-6,9,16H2,1-3H3,(H,27,29). The van der Waals surface area contributed by atoms with E-state index in [0.29, 0.717) is 23.0 Å². The van der Waals surface area contributed by atoms with E-state index >= 15 is 0 Å². The van der Waals surface area contributed by atoms with Gasteiger partial charge in [0, 0.05) is 22.5 Å². The van der Waals surface area contributed by atoms with Crippen molar-refractivity contribution in [1.29, 1.82) is 0 Å². The first-order chi connectivity index (χ1) is 14.0. The molecule has 1 N–H and O–H groups in total. The number of pyridine rings is 1. The monoisotopic (exact) mass is 408 g/mol. The summed E-state index contributed by atoms with van der Waals surface area (Å²) in [6.07, 6.45) is 4.61. The summed E-state index contributed by atoms with van der Waals surface area (Å²) >= 11 is 6.05. The van der Waals surface area contributed by atoms with Gasteiger partial charge >= 0.3 is 0 Å². The van der Waals surface area contributed by atoms with Crippen LogP contribution in [0.2, 0.25) is 5.02 Å². The fourth-order valence-electron chi connectivity index (χ4n) is 3.76. The van der Waals surface area contributed by atoms with Crippen molar-refractivity contribution in [2.45, 2.75) is 46.5 Å². The van der Waals surface area contributed by atoms with Crippen LogP contribution >= 0.6 is 11.6 Å². The lowest BCUT2D eigenvalue weighted by Crippen LogP contribution is -2.30. The highest BCUT2D eigenvalue weighted by Crippen LogP contribution is 2.30. The topological polar surface area (TPSA) is 42.0 Å². The zero-order chi connectivity index (χ0) is 20.8. The van der Waals surface area contributed by atoms with Crippen molar-refractivity contribution in [3.05, 3.63) is 64.7 Å². The maximum Gasteiger partial charge on any atom is 0.252 e. The Labute approximate surface area is 178 Å². The summed E-state index contributed by atoms with van der Waals surface area (Å²) in [4.78, 5) is 18.1. The van der Waals surface area contributed by atoms with Crippen molar-refractivity contribution in [3.63, 3.8) is 0 Å². The van der Waals surface area contributed by atoms with E-state index in [-0.39, 0.29) is 5.91 Å². The Kier molecular flexibility index (Phi) is 7.27. The number of nitrogens with one attached hydrogen (secondary N) is 1. The SMILES string of the molecule is CCCCC(CC)CNC(=O)c1c(C)c(-c2ccc(Cl)cc2)nc2ccccc12.